The zero-order valence-electron chi connectivity index (χ0n) is 22.2. The summed E-state index contributed by atoms with van der Waals surface area (Å²) in [6.07, 6.45) is 0. The molecule has 0 fully saturated rings. The Morgan fingerprint density at radius 3 is 1.98 bits per heavy atom. The van der Waals surface area contributed by atoms with E-state index in [0.717, 1.165) is 38.7 Å². The number of carboxylic acid groups (broad SMARTS) is 1. The minimum atomic E-state index is -0.983. The molecular formula is C32H30N4O3S2. The van der Waals surface area contributed by atoms with Crippen LogP contribution in [0, 0.1) is 0 Å². The van der Waals surface area contributed by atoms with Crippen molar-refractivity contribution in [2.45, 2.75) is 19.7 Å². The van der Waals surface area contributed by atoms with Crippen LogP contribution in [0.3, 0.4) is 0 Å². The molecular weight excluding hydrogens is 553 g/mol. The number of benzene rings is 4. The first-order valence-electron chi connectivity index (χ1n) is 12.8. The standard InChI is InChI=1S/C24H20N2O3S.C8H10N2S/c25-23(30)18-8-4-7-17(11-18)14-26-21-10-9-20(12-19(21)13-22(26)24(27)28)29-15-16-5-2-1-3-6-16;9-5-6-2-1-3-7(4-6)8(10)11/h1-13H,14-15H2,(H2,25,30)(H,27,28);1-4H,5,9H2,(H2,10,11). The van der Waals surface area contributed by atoms with Crippen molar-refractivity contribution < 1.29 is 14.6 Å². The highest BCUT2D eigenvalue weighted by atomic mass is 32.1. The Kier molecular flexibility index (Phi) is 9.81. The van der Waals surface area contributed by atoms with Crippen molar-refractivity contribution in [1.82, 2.24) is 4.57 Å². The number of nitrogens with two attached hydrogens (primary N) is 3. The molecule has 0 spiro atoms. The lowest BCUT2D eigenvalue weighted by molar-refractivity contribution is 0.0686. The first kappa shape index (κ1) is 29.4. The highest BCUT2D eigenvalue weighted by molar-refractivity contribution is 7.80. The van der Waals surface area contributed by atoms with Crippen LogP contribution in [0.4, 0.5) is 0 Å². The minimum Gasteiger partial charge on any atom is -0.489 e. The Balaban J connectivity index is 0.000000296. The van der Waals surface area contributed by atoms with Crippen LogP contribution in [0.5, 0.6) is 5.75 Å². The van der Waals surface area contributed by atoms with Gasteiger partial charge in [-0.3, -0.25) is 0 Å². The second-order valence-electron chi connectivity index (χ2n) is 9.25. The van der Waals surface area contributed by atoms with E-state index in [-0.39, 0.29) is 5.69 Å². The summed E-state index contributed by atoms with van der Waals surface area (Å²) in [5, 5.41) is 10.5. The summed E-state index contributed by atoms with van der Waals surface area (Å²) in [5.74, 6) is -0.292. The zero-order valence-corrected chi connectivity index (χ0v) is 23.8. The number of nitrogens with zero attached hydrogens (tertiary/aromatic N) is 1. The highest BCUT2D eigenvalue weighted by Gasteiger charge is 2.16. The molecule has 0 saturated carbocycles. The van der Waals surface area contributed by atoms with Crippen LogP contribution >= 0.6 is 24.4 Å². The van der Waals surface area contributed by atoms with Crippen LogP contribution in [0.15, 0.2) is 103 Å². The summed E-state index contributed by atoms with van der Waals surface area (Å²) < 4.78 is 7.66. The molecule has 0 atom stereocenters. The van der Waals surface area contributed by atoms with Gasteiger partial charge in [-0.1, -0.05) is 91.2 Å². The third kappa shape index (κ3) is 7.76. The fraction of sp³-hybridized carbons (Fsp3) is 0.0938. The molecule has 7 nitrogen and oxygen atoms in total. The lowest BCUT2D eigenvalue weighted by Crippen LogP contribution is -2.12. The second kappa shape index (κ2) is 13.7. The van der Waals surface area contributed by atoms with E-state index in [1.807, 2.05) is 97.1 Å². The molecule has 9 heteroatoms. The van der Waals surface area contributed by atoms with Gasteiger partial charge in [-0.25, -0.2) is 4.79 Å². The van der Waals surface area contributed by atoms with E-state index in [2.05, 4.69) is 0 Å². The molecule has 0 aliphatic rings. The summed E-state index contributed by atoms with van der Waals surface area (Å²) in [6, 6.07) is 32.3. The van der Waals surface area contributed by atoms with Crippen LogP contribution < -0.4 is 21.9 Å². The minimum absolute atomic E-state index is 0.214. The Morgan fingerprint density at radius 2 is 1.37 bits per heavy atom. The first-order chi connectivity index (χ1) is 19.7. The number of ether oxygens (including phenoxy) is 1. The predicted octanol–water partition coefficient (Wildman–Crippen LogP) is 5.38. The number of hydrogen-bond acceptors (Lipinski definition) is 5. The van der Waals surface area contributed by atoms with Crippen molar-refractivity contribution in [3.8, 4) is 5.75 Å². The molecule has 5 rings (SSSR count). The summed E-state index contributed by atoms with van der Waals surface area (Å²) in [7, 11) is 0. The van der Waals surface area contributed by atoms with Crippen LogP contribution in [-0.2, 0) is 19.7 Å². The third-order valence-corrected chi connectivity index (χ3v) is 6.81. The maximum absolute atomic E-state index is 11.9. The molecule has 7 N–H and O–H groups in total. The van der Waals surface area contributed by atoms with E-state index < -0.39 is 5.97 Å². The van der Waals surface area contributed by atoms with Crippen molar-refractivity contribution in [2.24, 2.45) is 17.2 Å². The Hall–Kier alpha value is -4.57. The molecule has 0 saturated heterocycles. The maximum atomic E-state index is 11.9. The Labute approximate surface area is 249 Å². The largest absolute Gasteiger partial charge is 0.489 e. The number of aromatic carboxylic acids is 1. The molecule has 0 bridgehead atoms. The quantitative estimate of drug-likeness (QED) is 0.171. The average molecular weight is 583 g/mol. The van der Waals surface area contributed by atoms with Gasteiger partial charge < -0.3 is 31.6 Å². The van der Waals surface area contributed by atoms with E-state index in [4.69, 9.17) is 46.4 Å². The fourth-order valence-corrected chi connectivity index (χ4v) is 4.54. The van der Waals surface area contributed by atoms with Gasteiger partial charge in [-0.15, -0.1) is 0 Å². The number of carbonyl (C=O) groups is 1. The number of rotatable bonds is 9. The number of fused-ring (bicyclic) bond motifs is 1. The van der Waals surface area contributed by atoms with Gasteiger partial charge in [0.15, 0.2) is 0 Å². The van der Waals surface area contributed by atoms with Crippen molar-refractivity contribution in [3.63, 3.8) is 0 Å². The maximum Gasteiger partial charge on any atom is 0.352 e. The molecule has 0 aliphatic heterocycles. The molecule has 1 heterocycles. The molecule has 0 aliphatic carbocycles. The average Bonchev–Trinajstić information content (AvgIpc) is 3.34. The van der Waals surface area contributed by atoms with Crippen LogP contribution in [-0.4, -0.2) is 25.6 Å². The summed E-state index contributed by atoms with van der Waals surface area (Å²) in [6.45, 7) is 1.37. The van der Waals surface area contributed by atoms with Gasteiger partial charge in [-0.05, 0) is 53.1 Å². The van der Waals surface area contributed by atoms with E-state index in [1.165, 1.54) is 0 Å². The van der Waals surface area contributed by atoms with Crippen LogP contribution in [0.25, 0.3) is 10.9 Å². The van der Waals surface area contributed by atoms with Crippen LogP contribution in [0.1, 0.15) is 38.3 Å². The molecule has 0 radical (unpaired) electrons. The van der Waals surface area contributed by atoms with Crippen molar-refractivity contribution in [2.75, 3.05) is 0 Å². The van der Waals surface area contributed by atoms with Crippen LogP contribution in [0.2, 0.25) is 0 Å². The molecule has 5 aromatic rings. The highest BCUT2D eigenvalue weighted by Crippen LogP contribution is 2.26. The van der Waals surface area contributed by atoms with Crippen molar-refractivity contribution in [3.05, 3.63) is 137 Å². The molecule has 208 valence electrons. The van der Waals surface area contributed by atoms with E-state index in [9.17, 15) is 9.90 Å². The fourth-order valence-electron chi connectivity index (χ4n) is 4.28. The van der Waals surface area contributed by atoms with Gasteiger partial charge in [0.25, 0.3) is 0 Å². The smallest absolute Gasteiger partial charge is 0.352 e. The normalized spacial score (nSPS) is 10.5. The van der Waals surface area contributed by atoms with Gasteiger partial charge in [-0.2, -0.15) is 0 Å². The number of carboxylic acids is 1. The van der Waals surface area contributed by atoms with Gasteiger partial charge in [0.1, 0.15) is 28.0 Å². The Bertz CT molecular complexity index is 1700. The zero-order chi connectivity index (χ0) is 29.4. The van der Waals surface area contributed by atoms with Gasteiger partial charge in [0, 0.05) is 35.1 Å². The first-order valence-corrected chi connectivity index (χ1v) is 13.6. The predicted molar refractivity (Wildman–Crippen MR) is 171 cm³/mol. The third-order valence-electron chi connectivity index (χ3n) is 6.34. The van der Waals surface area contributed by atoms with E-state index in [1.54, 1.807) is 10.6 Å². The van der Waals surface area contributed by atoms with Crippen molar-refractivity contribution in [1.29, 1.82) is 0 Å². The summed E-state index contributed by atoms with van der Waals surface area (Å²) in [4.78, 5) is 12.6. The van der Waals surface area contributed by atoms with Gasteiger partial charge in [0.2, 0.25) is 0 Å². The molecule has 1 aromatic heterocycles. The SMILES string of the molecule is NC(=S)c1cccc(Cn2c(C(=O)O)cc3cc(OCc4ccccc4)ccc32)c1.NCc1cccc(C(N)=S)c1. The lowest BCUT2D eigenvalue weighted by Gasteiger charge is -2.11. The van der Waals surface area contributed by atoms with Gasteiger partial charge >= 0.3 is 5.97 Å². The Morgan fingerprint density at radius 1 is 0.756 bits per heavy atom. The molecule has 0 amide bonds. The molecule has 0 unspecified atom stereocenters. The molecule has 41 heavy (non-hydrogen) atoms. The lowest BCUT2D eigenvalue weighted by atomic mass is 10.1. The molecule has 4 aromatic carbocycles. The second-order valence-corrected chi connectivity index (χ2v) is 10.1. The van der Waals surface area contributed by atoms with Crippen molar-refractivity contribution >= 4 is 51.3 Å². The van der Waals surface area contributed by atoms with Gasteiger partial charge in [0.05, 0.1) is 0 Å². The topological polar surface area (TPSA) is 130 Å². The number of hydrogen-bond donors (Lipinski definition) is 4. The summed E-state index contributed by atoms with van der Waals surface area (Å²) in [5.41, 5.74) is 22.3. The monoisotopic (exact) mass is 582 g/mol. The number of thiocarbonyl (C=S) groups is 2. The number of aromatic nitrogens is 1. The summed E-state index contributed by atoms with van der Waals surface area (Å²) >= 11 is 9.86. The van der Waals surface area contributed by atoms with E-state index in [0.29, 0.717) is 35.4 Å². The van der Waals surface area contributed by atoms with E-state index >= 15 is 0 Å².